The van der Waals surface area contributed by atoms with Crippen molar-refractivity contribution in [3.8, 4) is 0 Å². The van der Waals surface area contributed by atoms with Crippen LogP contribution in [0.3, 0.4) is 0 Å². The van der Waals surface area contributed by atoms with E-state index in [4.69, 9.17) is 10.5 Å². The van der Waals surface area contributed by atoms with Gasteiger partial charge in [0.1, 0.15) is 0 Å². The van der Waals surface area contributed by atoms with Gasteiger partial charge in [0.05, 0.1) is 12.1 Å². The van der Waals surface area contributed by atoms with Crippen molar-refractivity contribution in [2.24, 2.45) is 5.73 Å². The molecule has 0 spiro atoms. The zero-order chi connectivity index (χ0) is 11.3. The van der Waals surface area contributed by atoms with Crippen molar-refractivity contribution in [2.45, 2.75) is 38.8 Å². The first kappa shape index (κ1) is 13.2. The van der Waals surface area contributed by atoms with Crippen LogP contribution in [-0.2, 0) is 4.74 Å². The van der Waals surface area contributed by atoms with Gasteiger partial charge in [-0.3, -0.25) is 0 Å². The zero-order valence-electron chi connectivity index (χ0n) is 9.20. The second-order valence-electron chi connectivity index (χ2n) is 3.44. The van der Waals surface area contributed by atoms with E-state index in [1.54, 1.807) is 11.3 Å². The van der Waals surface area contributed by atoms with Crippen LogP contribution in [0.15, 0.2) is 15.9 Å². The molecule has 15 heavy (non-hydrogen) atoms. The number of thiophene rings is 1. The van der Waals surface area contributed by atoms with Crippen molar-refractivity contribution < 1.29 is 4.74 Å². The van der Waals surface area contributed by atoms with E-state index in [-0.39, 0.29) is 12.1 Å². The molecule has 0 amide bonds. The van der Waals surface area contributed by atoms with Crippen LogP contribution in [0.1, 0.15) is 37.6 Å². The molecule has 0 aliphatic heterocycles. The largest absolute Gasteiger partial charge is 0.377 e. The van der Waals surface area contributed by atoms with Crippen LogP contribution in [0.2, 0.25) is 0 Å². The van der Waals surface area contributed by atoms with Crippen LogP contribution in [0.5, 0.6) is 0 Å². The summed E-state index contributed by atoms with van der Waals surface area (Å²) >= 11 is 5.20. The Kier molecular flexibility index (Phi) is 5.82. The second-order valence-corrected chi connectivity index (χ2v) is 5.24. The summed E-state index contributed by atoms with van der Waals surface area (Å²) in [6.45, 7) is 4.89. The van der Waals surface area contributed by atoms with Gasteiger partial charge in [-0.2, -0.15) is 0 Å². The molecule has 0 aliphatic rings. The molecule has 0 radical (unpaired) electrons. The minimum Gasteiger partial charge on any atom is -0.377 e. The lowest BCUT2D eigenvalue weighted by Crippen LogP contribution is -2.28. The van der Waals surface area contributed by atoms with E-state index < -0.39 is 0 Å². The number of ether oxygens (including phenoxy) is 1. The molecule has 0 bridgehead atoms. The molecule has 0 aliphatic carbocycles. The highest BCUT2D eigenvalue weighted by molar-refractivity contribution is 9.10. The second kappa shape index (κ2) is 6.63. The van der Waals surface area contributed by atoms with Gasteiger partial charge < -0.3 is 10.5 Å². The molecule has 4 heteroatoms. The number of hydrogen-bond donors (Lipinski definition) is 1. The Bertz CT molecular complexity index is 284. The molecule has 2 nitrogen and oxygen atoms in total. The van der Waals surface area contributed by atoms with E-state index >= 15 is 0 Å². The molecule has 2 unspecified atom stereocenters. The third kappa shape index (κ3) is 3.55. The Morgan fingerprint density at radius 2 is 2.27 bits per heavy atom. The molecule has 86 valence electrons. The third-order valence-electron chi connectivity index (χ3n) is 2.30. The summed E-state index contributed by atoms with van der Waals surface area (Å²) in [4.78, 5) is 1.18. The van der Waals surface area contributed by atoms with Crippen molar-refractivity contribution in [3.63, 3.8) is 0 Å². The van der Waals surface area contributed by atoms with E-state index in [1.807, 2.05) is 18.4 Å². The van der Waals surface area contributed by atoms with Gasteiger partial charge in [-0.1, -0.05) is 13.3 Å². The molecule has 0 saturated heterocycles. The molecule has 0 saturated carbocycles. The lowest BCUT2D eigenvalue weighted by atomic mass is 10.1. The van der Waals surface area contributed by atoms with E-state index in [0.29, 0.717) is 0 Å². The summed E-state index contributed by atoms with van der Waals surface area (Å²) in [6.07, 6.45) is 2.25. The summed E-state index contributed by atoms with van der Waals surface area (Å²) in [5, 5.41) is 2.05. The molecule has 1 aromatic rings. The lowest BCUT2D eigenvalue weighted by molar-refractivity contribution is 0.0381. The van der Waals surface area contributed by atoms with Crippen molar-refractivity contribution in [1.82, 2.24) is 0 Å². The number of rotatable bonds is 6. The minimum atomic E-state index is -0.0146. The SMILES string of the molecule is CCCC(OCC)C(N)c1sccc1Br. The van der Waals surface area contributed by atoms with Crippen LogP contribution < -0.4 is 5.73 Å². The Hall–Kier alpha value is 0.100. The van der Waals surface area contributed by atoms with Crippen LogP contribution >= 0.6 is 27.3 Å². The maximum Gasteiger partial charge on any atom is 0.0775 e. The molecule has 2 atom stereocenters. The number of halogens is 1. The van der Waals surface area contributed by atoms with Crippen LogP contribution in [0.25, 0.3) is 0 Å². The summed E-state index contributed by atoms with van der Waals surface area (Å²) < 4.78 is 6.78. The van der Waals surface area contributed by atoms with Crippen molar-refractivity contribution in [1.29, 1.82) is 0 Å². The standard InChI is InChI=1S/C11H18BrNOS/c1-3-5-9(14-4-2)10(13)11-8(12)6-7-15-11/h6-7,9-10H,3-5,13H2,1-2H3. The van der Waals surface area contributed by atoms with Crippen LogP contribution in [0.4, 0.5) is 0 Å². The zero-order valence-corrected chi connectivity index (χ0v) is 11.6. The predicted molar refractivity (Wildman–Crippen MR) is 69.3 cm³/mol. The molecule has 0 fully saturated rings. The highest BCUT2D eigenvalue weighted by Crippen LogP contribution is 2.31. The predicted octanol–water partition coefficient (Wildman–Crippen LogP) is 3.72. The molecule has 0 aromatic carbocycles. The van der Waals surface area contributed by atoms with Crippen molar-refractivity contribution in [3.05, 3.63) is 20.8 Å². The average molecular weight is 292 g/mol. The smallest absolute Gasteiger partial charge is 0.0775 e. The molecular weight excluding hydrogens is 274 g/mol. The lowest BCUT2D eigenvalue weighted by Gasteiger charge is -2.22. The van der Waals surface area contributed by atoms with Gasteiger partial charge in [-0.25, -0.2) is 0 Å². The van der Waals surface area contributed by atoms with Crippen molar-refractivity contribution >= 4 is 27.3 Å². The van der Waals surface area contributed by atoms with Gasteiger partial charge >= 0.3 is 0 Å². The quantitative estimate of drug-likeness (QED) is 0.867. The van der Waals surface area contributed by atoms with Gasteiger partial charge in [0, 0.05) is 16.0 Å². The first-order valence-corrected chi connectivity index (χ1v) is 6.98. The van der Waals surface area contributed by atoms with Gasteiger partial charge in [-0.15, -0.1) is 11.3 Å². The average Bonchev–Trinajstić information content (AvgIpc) is 2.63. The number of hydrogen-bond acceptors (Lipinski definition) is 3. The highest BCUT2D eigenvalue weighted by Gasteiger charge is 2.21. The maximum atomic E-state index is 6.21. The molecule has 1 heterocycles. The minimum absolute atomic E-state index is 0.0146. The van der Waals surface area contributed by atoms with Gasteiger partial charge in [-0.05, 0) is 40.7 Å². The van der Waals surface area contributed by atoms with Gasteiger partial charge in [0.15, 0.2) is 0 Å². The Labute approximate surface area is 104 Å². The first-order chi connectivity index (χ1) is 7.20. The fourth-order valence-electron chi connectivity index (χ4n) is 1.58. The van der Waals surface area contributed by atoms with Crippen LogP contribution in [-0.4, -0.2) is 12.7 Å². The first-order valence-electron chi connectivity index (χ1n) is 5.30. The maximum absolute atomic E-state index is 6.21. The van der Waals surface area contributed by atoms with E-state index in [0.717, 1.165) is 23.9 Å². The van der Waals surface area contributed by atoms with E-state index in [9.17, 15) is 0 Å². The summed E-state index contributed by atoms with van der Waals surface area (Å²) in [5.41, 5.74) is 6.21. The van der Waals surface area contributed by atoms with Gasteiger partial charge in [0.25, 0.3) is 0 Å². The Morgan fingerprint density at radius 1 is 1.53 bits per heavy atom. The molecule has 2 N–H and O–H groups in total. The van der Waals surface area contributed by atoms with Crippen LogP contribution in [0, 0.1) is 0 Å². The summed E-state index contributed by atoms with van der Waals surface area (Å²) in [7, 11) is 0. The fraction of sp³-hybridized carbons (Fsp3) is 0.636. The number of nitrogens with two attached hydrogens (primary N) is 1. The highest BCUT2D eigenvalue weighted by atomic mass is 79.9. The summed E-state index contributed by atoms with van der Waals surface area (Å²) in [6, 6.07) is 2.02. The molecular formula is C11H18BrNOS. The molecule has 1 aromatic heterocycles. The summed E-state index contributed by atoms with van der Waals surface area (Å²) in [5.74, 6) is 0. The fourth-order valence-corrected chi connectivity index (χ4v) is 3.27. The topological polar surface area (TPSA) is 35.2 Å². The van der Waals surface area contributed by atoms with Crippen molar-refractivity contribution in [2.75, 3.05) is 6.61 Å². The molecule has 1 rings (SSSR count). The normalized spacial score (nSPS) is 15.2. The monoisotopic (exact) mass is 291 g/mol. The Morgan fingerprint density at radius 3 is 2.73 bits per heavy atom. The van der Waals surface area contributed by atoms with E-state index in [1.165, 1.54) is 4.88 Å². The third-order valence-corrected chi connectivity index (χ3v) is 4.27. The van der Waals surface area contributed by atoms with E-state index in [2.05, 4.69) is 22.9 Å². The Balaban J connectivity index is 2.71. The van der Waals surface area contributed by atoms with Gasteiger partial charge in [0.2, 0.25) is 0 Å².